The Labute approximate surface area is 141 Å². The summed E-state index contributed by atoms with van der Waals surface area (Å²) in [5.41, 5.74) is 1.30. The van der Waals surface area contributed by atoms with Crippen LogP contribution in [0.3, 0.4) is 0 Å². The zero-order chi connectivity index (χ0) is 14.8. The van der Waals surface area contributed by atoms with E-state index >= 15 is 0 Å². The van der Waals surface area contributed by atoms with Crippen molar-refractivity contribution in [1.82, 2.24) is 0 Å². The number of para-hydroxylation sites is 2. The van der Waals surface area contributed by atoms with Crippen LogP contribution in [0.5, 0.6) is 11.5 Å². The van der Waals surface area contributed by atoms with Crippen molar-refractivity contribution >= 4 is 39.1 Å². The van der Waals surface area contributed by atoms with Gasteiger partial charge < -0.3 is 9.47 Å². The lowest BCUT2D eigenvalue weighted by Gasteiger charge is -2.43. The van der Waals surface area contributed by atoms with Crippen molar-refractivity contribution in [3.05, 3.63) is 57.6 Å². The number of rotatable bonds is 0. The van der Waals surface area contributed by atoms with Crippen molar-refractivity contribution < 1.29 is 9.47 Å². The van der Waals surface area contributed by atoms with Crippen LogP contribution in [0, 0.1) is 0 Å². The zero-order valence-corrected chi connectivity index (χ0v) is 14.2. The Bertz CT molecular complexity index is 764. The molecule has 2 nitrogen and oxygen atoms in total. The first-order valence-electron chi connectivity index (χ1n) is 6.56. The Morgan fingerprint density at radius 3 is 2.33 bits per heavy atom. The minimum absolute atomic E-state index is 0.424. The molecule has 2 unspecified atom stereocenters. The lowest BCUT2D eigenvalue weighted by atomic mass is 9.78. The van der Waals surface area contributed by atoms with Gasteiger partial charge in [-0.25, -0.2) is 0 Å². The van der Waals surface area contributed by atoms with Crippen LogP contribution < -0.4 is 9.47 Å². The maximum absolute atomic E-state index is 6.30. The number of alkyl halides is 1. The van der Waals surface area contributed by atoms with Gasteiger partial charge in [0.2, 0.25) is 0 Å². The average molecular weight is 386 g/mol. The standard InChI is InChI=1S/C16H11BrCl2O2/c1-15-9-4-2-6-11(18)13(9)20-8-16(15,17)10-5-3-7-12(19)14(10)21-15/h2-7H,8H2,1H3. The van der Waals surface area contributed by atoms with Gasteiger partial charge in [0.25, 0.3) is 0 Å². The molecular weight excluding hydrogens is 375 g/mol. The van der Waals surface area contributed by atoms with Gasteiger partial charge in [0, 0.05) is 11.1 Å². The Morgan fingerprint density at radius 2 is 1.62 bits per heavy atom. The van der Waals surface area contributed by atoms with Gasteiger partial charge in [-0.05, 0) is 19.1 Å². The topological polar surface area (TPSA) is 18.5 Å². The molecule has 0 bridgehead atoms. The fraction of sp³-hybridized carbons (Fsp3) is 0.250. The molecule has 0 N–H and O–H groups in total. The number of halogens is 3. The van der Waals surface area contributed by atoms with Crippen molar-refractivity contribution in [3.8, 4) is 11.5 Å². The number of ether oxygens (including phenoxy) is 2. The summed E-state index contributed by atoms with van der Waals surface area (Å²) in [6.07, 6.45) is 0. The third-order valence-corrected chi connectivity index (χ3v) is 6.36. The van der Waals surface area contributed by atoms with Crippen molar-refractivity contribution in [1.29, 1.82) is 0 Å². The largest absolute Gasteiger partial charge is 0.490 e. The molecule has 0 fully saturated rings. The maximum atomic E-state index is 6.30. The molecule has 4 rings (SSSR count). The van der Waals surface area contributed by atoms with E-state index < -0.39 is 9.93 Å². The van der Waals surface area contributed by atoms with E-state index in [1.54, 1.807) is 0 Å². The number of hydrogen-bond acceptors (Lipinski definition) is 2. The van der Waals surface area contributed by atoms with Gasteiger partial charge in [-0.3, -0.25) is 0 Å². The van der Waals surface area contributed by atoms with E-state index in [-0.39, 0.29) is 0 Å². The van der Waals surface area contributed by atoms with Gasteiger partial charge in [-0.15, -0.1) is 0 Å². The third kappa shape index (κ3) is 1.60. The summed E-state index contributed by atoms with van der Waals surface area (Å²) >= 11 is 16.4. The summed E-state index contributed by atoms with van der Waals surface area (Å²) in [5.74, 6) is 1.38. The van der Waals surface area contributed by atoms with Crippen molar-refractivity contribution in [3.63, 3.8) is 0 Å². The summed E-state index contributed by atoms with van der Waals surface area (Å²) in [4.78, 5) is 0. The molecule has 2 aromatic carbocycles. The van der Waals surface area contributed by atoms with Gasteiger partial charge in [-0.1, -0.05) is 63.4 Å². The van der Waals surface area contributed by atoms with Crippen molar-refractivity contribution in [2.75, 3.05) is 6.61 Å². The van der Waals surface area contributed by atoms with Gasteiger partial charge >= 0.3 is 0 Å². The monoisotopic (exact) mass is 384 g/mol. The summed E-state index contributed by atoms with van der Waals surface area (Å²) < 4.78 is 11.7. The molecule has 2 aliphatic rings. The van der Waals surface area contributed by atoms with Crippen LogP contribution in [0.1, 0.15) is 18.1 Å². The number of hydrogen-bond donors (Lipinski definition) is 0. The van der Waals surface area contributed by atoms with Crippen LogP contribution in [0.25, 0.3) is 0 Å². The van der Waals surface area contributed by atoms with Crippen LogP contribution in [0.15, 0.2) is 36.4 Å². The van der Waals surface area contributed by atoms with Crippen LogP contribution in [-0.4, -0.2) is 6.61 Å². The Kier molecular flexibility index (Phi) is 2.82. The molecule has 2 heterocycles. The fourth-order valence-corrected chi connectivity index (χ4v) is 4.32. The van der Waals surface area contributed by atoms with Crippen molar-refractivity contribution in [2.45, 2.75) is 16.8 Å². The van der Waals surface area contributed by atoms with Crippen molar-refractivity contribution in [2.24, 2.45) is 0 Å². The summed E-state index contributed by atoms with van der Waals surface area (Å²) in [6.45, 7) is 2.46. The first-order valence-corrected chi connectivity index (χ1v) is 8.11. The number of benzene rings is 2. The van der Waals surface area contributed by atoms with Crippen LogP contribution in [-0.2, 0) is 9.93 Å². The van der Waals surface area contributed by atoms with E-state index in [1.807, 2.05) is 43.3 Å². The molecule has 0 spiro atoms. The average Bonchev–Trinajstić information content (AvgIpc) is 2.70. The smallest absolute Gasteiger partial charge is 0.158 e. The maximum Gasteiger partial charge on any atom is 0.158 e. The highest BCUT2D eigenvalue weighted by molar-refractivity contribution is 9.09. The zero-order valence-electron chi connectivity index (χ0n) is 11.1. The van der Waals surface area contributed by atoms with E-state index in [0.29, 0.717) is 28.2 Å². The molecule has 0 amide bonds. The molecule has 108 valence electrons. The second-order valence-corrected chi connectivity index (χ2v) is 7.63. The van der Waals surface area contributed by atoms with Gasteiger partial charge in [0.1, 0.15) is 22.4 Å². The van der Waals surface area contributed by atoms with E-state index in [1.165, 1.54) is 0 Å². The minimum Gasteiger partial charge on any atom is -0.490 e. The highest BCUT2D eigenvalue weighted by Gasteiger charge is 2.61. The normalized spacial score (nSPS) is 29.0. The fourth-order valence-electron chi connectivity index (χ4n) is 3.15. The molecule has 0 aromatic heterocycles. The molecule has 2 aliphatic heterocycles. The second kappa shape index (κ2) is 4.31. The van der Waals surface area contributed by atoms with Crippen LogP contribution in [0.2, 0.25) is 10.0 Å². The highest BCUT2D eigenvalue weighted by Crippen LogP contribution is 2.63. The molecule has 0 aliphatic carbocycles. The Hall–Kier alpha value is -0.900. The molecular formula is C16H11BrCl2O2. The van der Waals surface area contributed by atoms with E-state index in [4.69, 9.17) is 32.7 Å². The first kappa shape index (κ1) is 13.7. The summed E-state index contributed by atoms with van der Waals surface area (Å²) in [6, 6.07) is 11.5. The number of fused-ring (bicyclic) bond motifs is 5. The minimum atomic E-state index is -0.626. The Morgan fingerprint density at radius 1 is 1.00 bits per heavy atom. The molecule has 2 atom stereocenters. The first-order chi connectivity index (χ1) is 9.97. The second-order valence-electron chi connectivity index (χ2n) is 5.46. The lowest BCUT2D eigenvalue weighted by molar-refractivity contribution is 0.0307. The highest BCUT2D eigenvalue weighted by atomic mass is 79.9. The van der Waals surface area contributed by atoms with Crippen LogP contribution in [0.4, 0.5) is 0 Å². The molecule has 0 saturated heterocycles. The quantitative estimate of drug-likeness (QED) is 0.574. The lowest BCUT2D eigenvalue weighted by Crippen LogP contribution is -2.49. The summed E-state index contributed by atoms with van der Waals surface area (Å²) in [5, 5.41) is 1.19. The van der Waals surface area contributed by atoms with E-state index in [9.17, 15) is 0 Å². The SMILES string of the molecule is CC12Oc3c(Cl)cccc3C1(Br)COc1c(Cl)cccc12. The van der Waals surface area contributed by atoms with Gasteiger partial charge in [-0.2, -0.15) is 0 Å². The van der Waals surface area contributed by atoms with Crippen LogP contribution >= 0.6 is 39.1 Å². The molecule has 5 heteroatoms. The van der Waals surface area contributed by atoms with Gasteiger partial charge in [0.05, 0.1) is 10.0 Å². The molecule has 0 saturated carbocycles. The molecule has 0 radical (unpaired) electrons. The summed E-state index contributed by atoms with van der Waals surface area (Å²) in [7, 11) is 0. The Balaban J connectivity index is 2.01. The van der Waals surface area contributed by atoms with E-state index in [2.05, 4.69) is 15.9 Å². The predicted molar refractivity (Wildman–Crippen MR) is 87.0 cm³/mol. The van der Waals surface area contributed by atoms with Gasteiger partial charge in [0.15, 0.2) is 5.60 Å². The predicted octanol–water partition coefficient (Wildman–Crippen LogP) is 5.28. The molecule has 2 aromatic rings. The third-order valence-electron chi connectivity index (χ3n) is 4.35. The van der Waals surface area contributed by atoms with E-state index in [0.717, 1.165) is 11.1 Å². The molecule has 21 heavy (non-hydrogen) atoms.